The highest BCUT2D eigenvalue weighted by Gasteiger charge is 2.17. The second-order valence-corrected chi connectivity index (χ2v) is 4.14. The van der Waals surface area contributed by atoms with Gasteiger partial charge in [-0.2, -0.15) is 0 Å². The summed E-state index contributed by atoms with van der Waals surface area (Å²) in [7, 11) is 0. The van der Waals surface area contributed by atoms with Gasteiger partial charge in [-0.05, 0) is 40.0 Å². The van der Waals surface area contributed by atoms with Crippen molar-refractivity contribution in [3.05, 3.63) is 27.2 Å². The van der Waals surface area contributed by atoms with Crippen LogP contribution in [0.25, 0.3) is 0 Å². The number of carbonyl (C=O) groups is 1. The predicted molar refractivity (Wildman–Crippen MR) is 56.1 cm³/mol. The smallest absolute Gasteiger partial charge is 0.224 e. The van der Waals surface area contributed by atoms with E-state index in [1.54, 1.807) is 6.07 Å². The zero-order valence-electron chi connectivity index (χ0n) is 6.73. The minimum Gasteiger partial charge on any atom is -0.326 e. The summed E-state index contributed by atoms with van der Waals surface area (Å²) in [4.78, 5) is 11.1. The molecule has 1 heterocycles. The summed E-state index contributed by atoms with van der Waals surface area (Å²) >= 11 is 9.33. The molecule has 1 aromatic carbocycles. The Bertz CT molecular complexity index is 378. The molecule has 0 unspecified atom stereocenters. The van der Waals surface area contributed by atoms with Gasteiger partial charge in [-0.3, -0.25) is 4.79 Å². The van der Waals surface area contributed by atoms with E-state index in [4.69, 9.17) is 11.6 Å². The number of fused-ring (bicyclic) bond motifs is 1. The largest absolute Gasteiger partial charge is 0.326 e. The van der Waals surface area contributed by atoms with E-state index < -0.39 is 0 Å². The molecule has 0 aliphatic carbocycles. The lowest BCUT2D eigenvalue weighted by molar-refractivity contribution is -0.116. The molecule has 1 aromatic rings. The van der Waals surface area contributed by atoms with E-state index in [9.17, 15) is 4.79 Å². The standard InChI is InChI=1S/C9H7BrClNO/c10-9-5-1-4-8(13)12-7(5)3-2-6(9)11/h2-3H,1,4H2,(H,12,13). The summed E-state index contributed by atoms with van der Waals surface area (Å²) in [6.45, 7) is 0. The van der Waals surface area contributed by atoms with Gasteiger partial charge in [0.15, 0.2) is 0 Å². The number of halogens is 2. The fourth-order valence-electron chi connectivity index (χ4n) is 1.41. The van der Waals surface area contributed by atoms with E-state index in [1.165, 1.54) is 0 Å². The van der Waals surface area contributed by atoms with Gasteiger partial charge in [0, 0.05) is 16.6 Å². The quantitative estimate of drug-likeness (QED) is 0.763. The highest BCUT2D eigenvalue weighted by Crippen LogP contribution is 2.34. The van der Waals surface area contributed by atoms with Crippen LogP contribution in [0.5, 0.6) is 0 Å². The van der Waals surface area contributed by atoms with Gasteiger partial charge in [0.25, 0.3) is 0 Å². The van der Waals surface area contributed by atoms with Gasteiger partial charge in [0.1, 0.15) is 0 Å². The molecule has 0 saturated carbocycles. The Kier molecular flexibility index (Phi) is 2.30. The maximum absolute atomic E-state index is 11.1. The van der Waals surface area contributed by atoms with Crippen LogP contribution >= 0.6 is 27.5 Å². The third-order valence-corrected chi connectivity index (χ3v) is 3.52. The first-order valence-corrected chi connectivity index (χ1v) is 5.12. The molecule has 2 nitrogen and oxygen atoms in total. The highest BCUT2D eigenvalue weighted by atomic mass is 79.9. The molecule has 1 N–H and O–H groups in total. The second kappa shape index (κ2) is 3.31. The molecule has 0 radical (unpaired) electrons. The van der Waals surface area contributed by atoms with Gasteiger partial charge >= 0.3 is 0 Å². The Balaban J connectivity index is 2.53. The molecule has 68 valence electrons. The zero-order valence-corrected chi connectivity index (χ0v) is 9.08. The molecule has 13 heavy (non-hydrogen) atoms. The van der Waals surface area contributed by atoms with Crippen LogP contribution in [-0.4, -0.2) is 5.91 Å². The average molecular weight is 261 g/mol. The number of nitrogens with one attached hydrogen (secondary N) is 1. The number of rotatable bonds is 0. The van der Waals surface area contributed by atoms with Crippen molar-refractivity contribution in [2.24, 2.45) is 0 Å². The van der Waals surface area contributed by atoms with Crippen molar-refractivity contribution in [2.45, 2.75) is 12.8 Å². The monoisotopic (exact) mass is 259 g/mol. The number of carbonyl (C=O) groups excluding carboxylic acids is 1. The number of hydrogen-bond acceptors (Lipinski definition) is 1. The molecule has 0 aromatic heterocycles. The summed E-state index contributed by atoms with van der Waals surface area (Å²) < 4.78 is 0.895. The van der Waals surface area contributed by atoms with E-state index in [1.807, 2.05) is 6.07 Å². The second-order valence-electron chi connectivity index (χ2n) is 2.94. The van der Waals surface area contributed by atoms with E-state index >= 15 is 0 Å². The normalized spacial score (nSPS) is 15.1. The van der Waals surface area contributed by atoms with Crippen LogP contribution < -0.4 is 5.32 Å². The summed E-state index contributed by atoms with van der Waals surface area (Å²) in [5, 5.41) is 3.49. The Morgan fingerprint density at radius 3 is 2.92 bits per heavy atom. The van der Waals surface area contributed by atoms with Crippen molar-refractivity contribution in [3.63, 3.8) is 0 Å². The minimum atomic E-state index is 0.0710. The zero-order chi connectivity index (χ0) is 9.42. The fourth-order valence-corrected chi connectivity index (χ4v) is 2.13. The molecule has 0 bridgehead atoms. The van der Waals surface area contributed by atoms with Gasteiger partial charge in [-0.1, -0.05) is 11.6 Å². The van der Waals surface area contributed by atoms with E-state index in [0.29, 0.717) is 11.4 Å². The third kappa shape index (κ3) is 1.58. The molecule has 0 fully saturated rings. The van der Waals surface area contributed by atoms with Crippen LogP contribution in [0.15, 0.2) is 16.6 Å². The number of hydrogen-bond donors (Lipinski definition) is 1. The van der Waals surface area contributed by atoms with Crippen LogP contribution in [0.3, 0.4) is 0 Å². The molecule has 1 aliphatic rings. The molecule has 2 rings (SSSR count). The summed E-state index contributed by atoms with van der Waals surface area (Å²) in [6.07, 6.45) is 1.29. The third-order valence-electron chi connectivity index (χ3n) is 2.07. The SMILES string of the molecule is O=C1CCc2c(ccc(Cl)c2Br)N1. The molecule has 1 aliphatic heterocycles. The first-order valence-electron chi connectivity index (χ1n) is 3.95. The van der Waals surface area contributed by atoms with Crippen LogP contribution in [0.4, 0.5) is 5.69 Å². The molecule has 0 atom stereocenters. The van der Waals surface area contributed by atoms with E-state index in [2.05, 4.69) is 21.2 Å². The van der Waals surface area contributed by atoms with Crippen LogP contribution in [0, 0.1) is 0 Å². The lowest BCUT2D eigenvalue weighted by Crippen LogP contribution is -2.19. The summed E-state index contributed by atoms with van der Waals surface area (Å²) in [5.41, 5.74) is 1.96. The molecule has 1 amide bonds. The first kappa shape index (κ1) is 9.03. The fraction of sp³-hybridized carbons (Fsp3) is 0.222. The maximum atomic E-state index is 11.1. The van der Waals surface area contributed by atoms with Crippen molar-refractivity contribution < 1.29 is 4.79 Å². The van der Waals surface area contributed by atoms with Crippen molar-refractivity contribution in [3.8, 4) is 0 Å². The molecular weight excluding hydrogens is 253 g/mol. The maximum Gasteiger partial charge on any atom is 0.224 e. The molecule has 4 heteroatoms. The van der Waals surface area contributed by atoms with Crippen LogP contribution in [-0.2, 0) is 11.2 Å². The van der Waals surface area contributed by atoms with Gasteiger partial charge in [-0.25, -0.2) is 0 Å². The molecule has 0 saturated heterocycles. The predicted octanol–water partition coefficient (Wildman–Crippen LogP) is 2.99. The van der Waals surface area contributed by atoms with Crippen molar-refractivity contribution in [1.29, 1.82) is 0 Å². The lowest BCUT2D eigenvalue weighted by Gasteiger charge is -2.18. The topological polar surface area (TPSA) is 29.1 Å². The number of benzene rings is 1. The lowest BCUT2D eigenvalue weighted by atomic mass is 10.0. The van der Waals surface area contributed by atoms with Gasteiger partial charge < -0.3 is 5.32 Å². The highest BCUT2D eigenvalue weighted by molar-refractivity contribution is 9.10. The molecular formula is C9H7BrClNO. The summed E-state index contributed by atoms with van der Waals surface area (Å²) in [5.74, 6) is 0.0710. The average Bonchev–Trinajstić information content (AvgIpc) is 2.12. The van der Waals surface area contributed by atoms with Crippen LogP contribution in [0.2, 0.25) is 5.02 Å². The van der Waals surface area contributed by atoms with Gasteiger partial charge in [0.2, 0.25) is 5.91 Å². The van der Waals surface area contributed by atoms with E-state index in [0.717, 1.165) is 22.1 Å². The Morgan fingerprint density at radius 2 is 2.15 bits per heavy atom. The first-order chi connectivity index (χ1) is 6.18. The van der Waals surface area contributed by atoms with Crippen molar-refractivity contribution in [2.75, 3.05) is 5.32 Å². The van der Waals surface area contributed by atoms with Gasteiger partial charge in [0.05, 0.1) is 5.02 Å². The van der Waals surface area contributed by atoms with E-state index in [-0.39, 0.29) is 5.91 Å². The molecule has 0 spiro atoms. The van der Waals surface area contributed by atoms with Crippen LogP contribution in [0.1, 0.15) is 12.0 Å². The Morgan fingerprint density at radius 1 is 1.38 bits per heavy atom. The van der Waals surface area contributed by atoms with Gasteiger partial charge in [-0.15, -0.1) is 0 Å². The minimum absolute atomic E-state index is 0.0710. The summed E-state index contributed by atoms with van der Waals surface area (Å²) in [6, 6.07) is 3.61. The Hall–Kier alpha value is -0.540. The van der Waals surface area contributed by atoms with Crippen molar-refractivity contribution in [1.82, 2.24) is 0 Å². The number of amides is 1. The van der Waals surface area contributed by atoms with Crippen molar-refractivity contribution >= 4 is 39.1 Å². The Labute approximate surface area is 89.4 Å². The number of anilines is 1.